The van der Waals surface area contributed by atoms with Gasteiger partial charge in [0.2, 0.25) is 0 Å². The maximum atomic E-state index is 13.4. The fourth-order valence-electron chi connectivity index (χ4n) is 2.51. The summed E-state index contributed by atoms with van der Waals surface area (Å²) in [5.41, 5.74) is 1.27. The fourth-order valence-corrected chi connectivity index (χ4v) is 2.68. The van der Waals surface area contributed by atoms with Gasteiger partial charge in [0.05, 0.1) is 5.52 Å². The second kappa shape index (κ2) is 8.41. The molecule has 0 unspecified atom stereocenters. The van der Waals surface area contributed by atoms with Gasteiger partial charge in [-0.05, 0) is 56.1 Å². The molecule has 4 nitrogen and oxygen atoms in total. The van der Waals surface area contributed by atoms with E-state index in [2.05, 4.69) is 20.2 Å². The first-order valence-corrected chi connectivity index (χ1v) is 8.79. The second-order valence-electron chi connectivity index (χ2n) is 6.33. The van der Waals surface area contributed by atoms with Crippen molar-refractivity contribution in [3.63, 3.8) is 0 Å². The lowest BCUT2D eigenvalue weighted by Gasteiger charge is -2.13. The first kappa shape index (κ1) is 19.2. The molecular formula is C20H19ClF2N4. The topological polar surface area (TPSA) is 41.0 Å². The molecule has 0 spiro atoms. The van der Waals surface area contributed by atoms with E-state index in [1.807, 2.05) is 26.2 Å². The molecule has 0 aliphatic heterocycles. The molecule has 0 saturated carbocycles. The van der Waals surface area contributed by atoms with Gasteiger partial charge >= 0.3 is 0 Å². The molecule has 0 bridgehead atoms. The van der Waals surface area contributed by atoms with Crippen LogP contribution in [0.5, 0.6) is 0 Å². The van der Waals surface area contributed by atoms with Gasteiger partial charge in [-0.1, -0.05) is 23.7 Å². The van der Waals surface area contributed by atoms with Gasteiger partial charge in [0.25, 0.3) is 0 Å². The molecule has 7 heteroatoms. The average Bonchev–Trinajstić information content (AvgIpc) is 2.62. The highest BCUT2D eigenvalue weighted by Crippen LogP contribution is 2.24. The number of rotatable bonds is 6. The van der Waals surface area contributed by atoms with Gasteiger partial charge < -0.3 is 10.2 Å². The quantitative estimate of drug-likeness (QED) is 0.664. The van der Waals surface area contributed by atoms with Gasteiger partial charge in [-0.15, -0.1) is 0 Å². The van der Waals surface area contributed by atoms with Gasteiger partial charge in [-0.3, -0.25) is 0 Å². The number of halogens is 3. The molecule has 0 aliphatic carbocycles. The molecular weight excluding hydrogens is 370 g/mol. The Balaban J connectivity index is 1.93. The Hall–Kier alpha value is -2.57. The Morgan fingerprint density at radius 3 is 2.59 bits per heavy atom. The van der Waals surface area contributed by atoms with Crippen molar-refractivity contribution in [1.29, 1.82) is 0 Å². The van der Waals surface area contributed by atoms with Crippen molar-refractivity contribution < 1.29 is 8.78 Å². The number of nitrogens with zero attached hydrogens (tertiary/aromatic N) is 3. The molecule has 1 aromatic heterocycles. The molecule has 3 aromatic rings. The van der Waals surface area contributed by atoms with Crippen LogP contribution in [0.25, 0.3) is 23.1 Å². The highest BCUT2D eigenvalue weighted by atomic mass is 35.5. The normalized spacial score (nSPS) is 11.6. The number of likely N-dealkylation sites (N-methyl/N-ethyl adjacent to an activating group) is 1. The maximum Gasteiger partial charge on any atom is 0.159 e. The van der Waals surface area contributed by atoms with Crippen LogP contribution in [-0.2, 0) is 0 Å². The lowest BCUT2D eigenvalue weighted by atomic mass is 10.2. The molecule has 0 aliphatic rings. The minimum Gasteiger partial charge on any atom is -0.368 e. The predicted molar refractivity (Wildman–Crippen MR) is 107 cm³/mol. The van der Waals surface area contributed by atoms with Gasteiger partial charge in [0, 0.05) is 23.5 Å². The monoisotopic (exact) mass is 388 g/mol. The Kier molecular flexibility index (Phi) is 5.98. The summed E-state index contributed by atoms with van der Waals surface area (Å²) in [6.07, 6.45) is 3.31. The van der Waals surface area contributed by atoms with Crippen LogP contribution in [0.2, 0.25) is 5.02 Å². The van der Waals surface area contributed by atoms with Crippen LogP contribution in [0.1, 0.15) is 11.4 Å². The predicted octanol–water partition coefficient (Wildman–Crippen LogP) is 4.71. The molecule has 3 rings (SSSR count). The van der Waals surface area contributed by atoms with Crippen molar-refractivity contribution in [2.45, 2.75) is 0 Å². The fraction of sp³-hybridized carbons (Fsp3) is 0.200. The summed E-state index contributed by atoms with van der Waals surface area (Å²) in [5.74, 6) is -0.633. The SMILES string of the molecule is CN(C)CCNc1nc(C=Cc2ccc(F)c(F)c2)nc2ccc(Cl)cc12. The highest BCUT2D eigenvalue weighted by Gasteiger charge is 2.08. The lowest BCUT2D eigenvalue weighted by molar-refractivity contribution is 0.425. The maximum absolute atomic E-state index is 13.4. The first-order chi connectivity index (χ1) is 12.9. The van der Waals surface area contributed by atoms with Gasteiger partial charge in [-0.25, -0.2) is 18.7 Å². The summed E-state index contributed by atoms with van der Waals surface area (Å²) < 4.78 is 26.4. The molecule has 0 fully saturated rings. The van der Waals surface area contributed by atoms with Crippen molar-refractivity contribution in [3.05, 3.63) is 64.4 Å². The number of aromatic nitrogens is 2. The van der Waals surface area contributed by atoms with Gasteiger partial charge in [-0.2, -0.15) is 0 Å². The van der Waals surface area contributed by atoms with E-state index in [0.717, 1.165) is 29.6 Å². The zero-order valence-corrected chi connectivity index (χ0v) is 15.8. The standard InChI is InChI=1S/C20H19ClF2N4/c1-27(2)10-9-24-20-15-12-14(21)5-7-18(15)25-19(26-20)8-4-13-3-6-16(22)17(23)11-13/h3-8,11-12H,9-10H2,1-2H3,(H,24,25,26). The molecule has 1 heterocycles. The van der Waals surface area contributed by atoms with Crippen molar-refractivity contribution >= 4 is 40.5 Å². The number of nitrogens with one attached hydrogen (secondary N) is 1. The molecule has 27 heavy (non-hydrogen) atoms. The van der Waals surface area contributed by atoms with E-state index in [-0.39, 0.29) is 0 Å². The summed E-state index contributed by atoms with van der Waals surface area (Å²) in [5, 5.41) is 4.74. The number of fused-ring (bicyclic) bond motifs is 1. The van der Waals surface area contributed by atoms with Crippen LogP contribution in [0, 0.1) is 11.6 Å². The Bertz CT molecular complexity index is 989. The van der Waals surface area contributed by atoms with Crippen molar-refractivity contribution in [3.8, 4) is 0 Å². The van der Waals surface area contributed by atoms with E-state index in [1.54, 1.807) is 18.2 Å². The van der Waals surface area contributed by atoms with Crippen LogP contribution in [0.3, 0.4) is 0 Å². The minimum absolute atomic E-state index is 0.460. The van der Waals surface area contributed by atoms with E-state index < -0.39 is 11.6 Å². The molecule has 0 atom stereocenters. The second-order valence-corrected chi connectivity index (χ2v) is 6.77. The molecule has 1 N–H and O–H groups in total. The van der Waals surface area contributed by atoms with Crippen LogP contribution in [-0.4, -0.2) is 42.1 Å². The molecule has 0 amide bonds. The third-order valence-corrected chi connectivity index (χ3v) is 4.13. The lowest BCUT2D eigenvalue weighted by Crippen LogP contribution is -2.21. The first-order valence-electron chi connectivity index (χ1n) is 8.41. The molecule has 0 radical (unpaired) electrons. The van der Waals surface area contributed by atoms with Gasteiger partial charge in [0.1, 0.15) is 5.82 Å². The third kappa shape index (κ3) is 4.99. The van der Waals surface area contributed by atoms with E-state index in [4.69, 9.17) is 11.6 Å². The van der Waals surface area contributed by atoms with E-state index >= 15 is 0 Å². The molecule has 0 saturated heterocycles. The van der Waals surface area contributed by atoms with E-state index in [0.29, 0.717) is 28.8 Å². The zero-order chi connectivity index (χ0) is 19.4. The summed E-state index contributed by atoms with van der Waals surface area (Å²) in [6.45, 7) is 1.55. The Morgan fingerprint density at radius 1 is 1.04 bits per heavy atom. The molecule has 2 aromatic carbocycles. The van der Waals surface area contributed by atoms with Crippen molar-refractivity contribution in [2.24, 2.45) is 0 Å². The summed E-state index contributed by atoms with van der Waals surface area (Å²) in [6, 6.07) is 9.12. The number of benzene rings is 2. The highest BCUT2D eigenvalue weighted by molar-refractivity contribution is 6.31. The van der Waals surface area contributed by atoms with Crippen molar-refractivity contribution in [1.82, 2.24) is 14.9 Å². The minimum atomic E-state index is -0.891. The zero-order valence-electron chi connectivity index (χ0n) is 15.0. The summed E-state index contributed by atoms with van der Waals surface area (Å²) >= 11 is 6.11. The summed E-state index contributed by atoms with van der Waals surface area (Å²) in [4.78, 5) is 11.1. The van der Waals surface area contributed by atoms with Crippen LogP contribution in [0.15, 0.2) is 36.4 Å². The van der Waals surface area contributed by atoms with Crippen LogP contribution in [0.4, 0.5) is 14.6 Å². The van der Waals surface area contributed by atoms with E-state index in [9.17, 15) is 8.78 Å². The van der Waals surface area contributed by atoms with Crippen molar-refractivity contribution in [2.75, 3.05) is 32.5 Å². The summed E-state index contributed by atoms with van der Waals surface area (Å²) in [7, 11) is 3.99. The average molecular weight is 389 g/mol. The Labute approximate surface area is 161 Å². The molecule has 140 valence electrons. The van der Waals surface area contributed by atoms with Gasteiger partial charge in [0.15, 0.2) is 17.5 Å². The number of hydrogen-bond donors (Lipinski definition) is 1. The van der Waals surface area contributed by atoms with Crippen LogP contribution >= 0.6 is 11.6 Å². The third-order valence-electron chi connectivity index (χ3n) is 3.90. The smallest absolute Gasteiger partial charge is 0.159 e. The van der Waals surface area contributed by atoms with Crippen LogP contribution < -0.4 is 5.32 Å². The number of hydrogen-bond acceptors (Lipinski definition) is 4. The number of anilines is 1. The van der Waals surface area contributed by atoms with E-state index in [1.165, 1.54) is 6.07 Å². The largest absolute Gasteiger partial charge is 0.368 e. The Morgan fingerprint density at radius 2 is 1.85 bits per heavy atom.